The molecule has 0 amide bonds. The third kappa shape index (κ3) is 2.79. The standard InChI is InChI=1S/C16H16O4/c1-3-9-16(10-12-7-5-4-6-8-12)11-13(14(17)19-2)15(18)20-16/h3-8,11H,1,9-10H2,2H3. The van der Waals surface area contributed by atoms with Gasteiger partial charge in [0.05, 0.1) is 7.11 Å². The van der Waals surface area contributed by atoms with Crippen LogP contribution in [0.2, 0.25) is 0 Å². The molecular formula is C16H16O4. The number of cyclic esters (lactones) is 1. The van der Waals surface area contributed by atoms with Crippen molar-refractivity contribution in [1.29, 1.82) is 0 Å². The van der Waals surface area contributed by atoms with Gasteiger partial charge in [-0.1, -0.05) is 36.4 Å². The summed E-state index contributed by atoms with van der Waals surface area (Å²) in [5, 5.41) is 0. The van der Waals surface area contributed by atoms with Gasteiger partial charge in [0.15, 0.2) is 0 Å². The average molecular weight is 272 g/mol. The molecule has 0 N–H and O–H groups in total. The molecule has 0 radical (unpaired) electrons. The largest absolute Gasteiger partial charge is 0.465 e. The molecule has 0 saturated heterocycles. The Kier molecular flexibility index (Phi) is 4.03. The zero-order chi connectivity index (χ0) is 14.6. The summed E-state index contributed by atoms with van der Waals surface area (Å²) in [4.78, 5) is 23.4. The number of esters is 2. The first-order chi connectivity index (χ1) is 9.60. The third-order valence-corrected chi connectivity index (χ3v) is 3.16. The summed E-state index contributed by atoms with van der Waals surface area (Å²) in [5.74, 6) is -1.32. The molecule has 0 spiro atoms. The predicted molar refractivity (Wildman–Crippen MR) is 73.9 cm³/mol. The van der Waals surface area contributed by atoms with Crippen molar-refractivity contribution in [2.24, 2.45) is 0 Å². The second-order valence-corrected chi connectivity index (χ2v) is 4.66. The molecule has 0 fully saturated rings. The Morgan fingerprint density at radius 3 is 2.70 bits per heavy atom. The molecule has 1 unspecified atom stereocenters. The van der Waals surface area contributed by atoms with Gasteiger partial charge in [0, 0.05) is 12.8 Å². The summed E-state index contributed by atoms with van der Waals surface area (Å²) in [7, 11) is 1.24. The van der Waals surface area contributed by atoms with Crippen LogP contribution in [0.4, 0.5) is 0 Å². The first kappa shape index (κ1) is 14.1. The fourth-order valence-corrected chi connectivity index (χ4v) is 2.29. The minimum Gasteiger partial charge on any atom is -0.465 e. The van der Waals surface area contributed by atoms with Crippen LogP contribution in [0.1, 0.15) is 12.0 Å². The maximum absolute atomic E-state index is 11.8. The summed E-state index contributed by atoms with van der Waals surface area (Å²) in [6, 6.07) is 9.64. The van der Waals surface area contributed by atoms with Crippen molar-refractivity contribution in [3.05, 3.63) is 60.2 Å². The number of rotatable bonds is 5. The van der Waals surface area contributed by atoms with Crippen molar-refractivity contribution in [2.45, 2.75) is 18.4 Å². The van der Waals surface area contributed by atoms with E-state index in [0.29, 0.717) is 12.8 Å². The Labute approximate surface area is 117 Å². The molecule has 1 aromatic carbocycles. The topological polar surface area (TPSA) is 52.6 Å². The molecular weight excluding hydrogens is 256 g/mol. The zero-order valence-corrected chi connectivity index (χ0v) is 11.3. The molecule has 2 rings (SSSR count). The second-order valence-electron chi connectivity index (χ2n) is 4.66. The number of hydrogen-bond donors (Lipinski definition) is 0. The van der Waals surface area contributed by atoms with E-state index in [0.717, 1.165) is 5.56 Å². The van der Waals surface area contributed by atoms with Crippen LogP contribution in [0.25, 0.3) is 0 Å². The van der Waals surface area contributed by atoms with E-state index >= 15 is 0 Å². The summed E-state index contributed by atoms with van der Waals surface area (Å²) in [5.41, 5.74) is 0.110. The van der Waals surface area contributed by atoms with Gasteiger partial charge in [-0.25, -0.2) is 9.59 Å². The smallest absolute Gasteiger partial charge is 0.346 e. The van der Waals surface area contributed by atoms with Crippen molar-refractivity contribution in [3.8, 4) is 0 Å². The van der Waals surface area contributed by atoms with Gasteiger partial charge < -0.3 is 9.47 Å². The quantitative estimate of drug-likeness (QED) is 0.468. The van der Waals surface area contributed by atoms with Gasteiger partial charge in [-0.15, -0.1) is 6.58 Å². The molecule has 0 bridgehead atoms. The van der Waals surface area contributed by atoms with Gasteiger partial charge in [0.2, 0.25) is 0 Å². The minimum atomic E-state index is -0.857. The molecule has 0 saturated carbocycles. The summed E-state index contributed by atoms with van der Waals surface area (Å²) >= 11 is 0. The number of carbonyl (C=O) groups is 2. The fraction of sp³-hybridized carbons (Fsp3) is 0.250. The lowest BCUT2D eigenvalue weighted by Gasteiger charge is -2.25. The van der Waals surface area contributed by atoms with Crippen molar-refractivity contribution in [3.63, 3.8) is 0 Å². The van der Waals surface area contributed by atoms with E-state index in [1.165, 1.54) is 7.11 Å². The summed E-state index contributed by atoms with van der Waals surface area (Å²) in [6.07, 6.45) is 4.16. The second kappa shape index (κ2) is 5.74. The highest BCUT2D eigenvalue weighted by atomic mass is 16.6. The molecule has 1 aromatic rings. The van der Waals surface area contributed by atoms with Crippen molar-refractivity contribution >= 4 is 11.9 Å². The van der Waals surface area contributed by atoms with E-state index in [1.54, 1.807) is 12.2 Å². The maximum atomic E-state index is 11.8. The molecule has 104 valence electrons. The van der Waals surface area contributed by atoms with Crippen LogP contribution < -0.4 is 0 Å². The van der Waals surface area contributed by atoms with E-state index in [2.05, 4.69) is 11.3 Å². The summed E-state index contributed by atoms with van der Waals surface area (Å²) in [6.45, 7) is 3.69. The van der Waals surface area contributed by atoms with Crippen LogP contribution in [0, 0.1) is 0 Å². The molecule has 1 aliphatic rings. The zero-order valence-electron chi connectivity index (χ0n) is 11.3. The molecule has 1 aliphatic heterocycles. The minimum absolute atomic E-state index is 0.0507. The maximum Gasteiger partial charge on any atom is 0.346 e. The van der Waals surface area contributed by atoms with Crippen LogP contribution in [0.5, 0.6) is 0 Å². The fourth-order valence-electron chi connectivity index (χ4n) is 2.29. The van der Waals surface area contributed by atoms with E-state index in [1.807, 2.05) is 30.3 Å². The van der Waals surface area contributed by atoms with Gasteiger partial charge >= 0.3 is 11.9 Å². The van der Waals surface area contributed by atoms with E-state index in [-0.39, 0.29) is 5.57 Å². The molecule has 4 nitrogen and oxygen atoms in total. The first-order valence-corrected chi connectivity index (χ1v) is 6.29. The molecule has 1 heterocycles. The van der Waals surface area contributed by atoms with Crippen LogP contribution in [-0.2, 0) is 25.5 Å². The van der Waals surface area contributed by atoms with E-state index in [9.17, 15) is 9.59 Å². The van der Waals surface area contributed by atoms with E-state index < -0.39 is 17.5 Å². The highest BCUT2D eigenvalue weighted by molar-refractivity contribution is 6.15. The Hall–Kier alpha value is -2.36. The third-order valence-electron chi connectivity index (χ3n) is 3.16. The van der Waals surface area contributed by atoms with Crippen LogP contribution in [-0.4, -0.2) is 24.6 Å². The monoisotopic (exact) mass is 272 g/mol. The van der Waals surface area contributed by atoms with Crippen LogP contribution >= 0.6 is 0 Å². The van der Waals surface area contributed by atoms with E-state index in [4.69, 9.17) is 4.74 Å². The number of methoxy groups -OCH3 is 1. The first-order valence-electron chi connectivity index (χ1n) is 6.29. The van der Waals surface area contributed by atoms with Gasteiger partial charge in [-0.3, -0.25) is 0 Å². The molecule has 20 heavy (non-hydrogen) atoms. The molecule has 1 atom stereocenters. The number of benzene rings is 1. The lowest BCUT2D eigenvalue weighted by Crippen LogP contribution is -2.30. The highest BCUT2D eigenvalue weighted by Crippen LogP contribution is 2.32. The number of hydrogen-bond acceptors (Lipinski definition) is 4. The van der Waals surface area contributed by atoms with Crippen LogP contribution in [0.15, 0.2) is 54.6 Å². The Morgan fingerprint density at radius 2 is 2.10 bits per heavy atom. The van der Waals surface area contributed by atoms with Gasteiger partial charge in [0.1, 0.15) is 11.2 Å². The lowest BCUT2D eigenvalue weighted by molar-refractivity contribution is -0.149. The van der Waals surface area contributed by atoms with Crippen LogP contribution in [0.3, 0.4) is 0 Å². The predicted octanol–water partition coefficient (Wildman–Crippen LogP) is 2.20. The molecule has 4 heteroatoms. The van der Waals surface area contributed by atoms with Gasteiger partial charge in [-0.2, -0.15) is 0 Å². The van der Waals surface area contributed by atoms with Gasteiger partial charge in [-0.05, 0) is 11.6 Å². The van der Waals surface area contributed by atoms with Crippen molar-refractivity contribution in [1.82, 2.24) is 0 Å². The van der Waals surface area contributed by atoms with Gasteiger partial charge in [0.25, 0.3) is 0 Å². The Morgan fingerprint density at radius 1 is 1.40 bits per heavy atom. The summed E-state index contributed by atoms with van der Waals surface area (Å²) < 4.78 is 10.0. The SMILES string of the molecule is C=CCC1(Cc2ccccc2)C=C(C(=O)OC)C(=O)O1. The number of carbonyl (C=O) groups excluding carboxylic acids is 2. The normalized spacial score (nSPS) is 21.1. The molecule has 0 aromatic heterocycles. The van der Waals surface area contributed by atoms with Crippen molar-refractivity contribution in [2.75, 3.05) is 7.11 Å². The highest BCUT2D eigenvalue weighted by Gasteiger charge is 2.42. The average Bonchev–Trinajstić information content (AvgIpc) is 2.76. The van der Waals surface area contributed by atoms with Crippen molar-refractivity contribution < 1.29 is 19.1 Å². The molecule has 0 aliphatic carbocycles. The Bertz CT molecular complexity index is 559. The number of ether oxygens (including phenoxy) is 2. The Balaban J connectivity index is 2.32. The lowest BCUT2D eigenvalue weighted by atomic mass is 9.90.